The largest absolute Gasteiger partial charge is 0.205 e. The van der Waals surface area contributed by atoms with Crippen molar-refractivity contribution in [1.29, 1.82) is 0 Å². The first-order valence-electron chi connectivity index (χ1n) is 18.8. The molecule has 0 bridgehead atoms. The van der Waals surface area contributed by atoms with Crippen LogP contribution in [0.4, 0.5) is 0 Å². The molecule has 1 aromatic heterocycles. The second-order valence-corrected chi connectivity index (χ2v) is 13.1. The Labute approximate surface area is 253 Å². The van der Waals surface area contributed by atoms with Crippen LogP contribution in [0.1, 0.15) is 212 Å². The molecule has 0 aromatic carbocycles. The van der Waals surface area contributed by atoms with Crippen molar-refractivity contribution in [1.82, 2.24) is 0 Å². The lowest BCUT2D eigenvalue weighted by molar-refractivity contribution is -0.697. The molecule has 0 unspecified atom stereocenters. The minimum absolute atomic E-state index is 1.20. The highest BCUT2D eigenvalue weighted by molar-refractivity contribution is 5.05. The molecule has 0 fully saturated rings. The molecule has 1 nitrogen and oxygen atoms in total. The maximum atomic E-state index is 2.45. The van der Waals surface area contributed by atoms with E-state index in [0.29, 0.717) is 0 Å². The van der Waals surface area contributed by atoms with Gasteiger partial charge in [-0.05, 0) is 25.3 Å². The van der Waals surface area contributed by atoms with Gasteiger partial charge in [0.05, 0.1) is 0 Å². The summed E-state index contributed by atoms with van der Waals surface area (Å²) in [6, 6.07) is 4.61. The third kappa shape index (κ3) is 26.1. The Kier molecular flexibility index (Phi) is 28.9. The third-order valence-corrected chi connectivity index (χ3v) is 9.01. The van der Waals surface area contributed by atoms with Crippen LogP contribution in [0.15, 0.2) is 24.5 Å². The summed E-state index contributed by atoms with van der Waals surface area (Å²) in [6.07, 6.45) is 49.3. The lowest BCUT2D eigenvalue weighted by Gasteiger charge is -2.04. The maximum Gasteiger partial charge on any atom is 0.171 e. The van der Waals surface area contributed by atoms with Crippen LogP contribution in [0.3, 0.4) is 0 Å². The highest BCUT2D eigenvalue weighted by atomic mass is 14.9. The van der Waals surface area contributed by atoms with Gasteiger partial charge in [0, 0.05) is 18.1 Å². The molecule has 1 rings (SSSR count). The smallest absolute Gasteiger partial charge is 0.171 e. The van der Waals surface area contributed by atoms with Crippen LogP contribution in [-0.2, 0) is 13.0 Å². The lowest BCUT2D eigenvalue weighted by Crippen LogP contribution is -2.33. The van der Waals surface area contributed by atoms with E-state index in [1.165, 1.54) is 211 Å². The molecule has 0 radical (unpaired) electrons. The summed E-state index contributed by atoms with van der Waals surface area (Å²) in [4.78, 5) is 0. The summed E-state index contributed by atoms with van der Waals surface area (Å²) >= 11 is 0. The third-order valence-electron chi connectivity index (χ3n) is 9.01. The van der Waals surface area contributed by atoms with Gasteiger partial charge in [-0.1, -0.05) is 187 Å². The highest BCUT2D eigenvalue weighted by Crippen LogP contribution is 2.15. The van der Waals surface area contributed by atoms with Gasteiger partial charge >= 0.3 is 0 Å². The van der Waals surface area contributed by atoms with Crippen LogP contribution in [0.5, 0.6) is 0 Å². The van der Waals surface area contributed by atoms with Gasteiger partial charge in [0.2, 0.25) is 0 Å². The quantitative estimate of drug-likeness (QED) is 0.0613. The number of unbranched alkanes of at least 4 members (excludes halogenated alkanes) is 28. The van der Waals surface area contributed by atoms with Crippen molar-refractivity contribution in [3.05, 3.63) is 30.1 Å². The van der Waals surface area contributed by atoms with Crippen LogP contribution in [0.2, 0.25) is 0 Å². The van der Waals surface area contributed by atoms with Crippen molar-refractivity contribution in [3.63, 3.8) is 0 Å². The van der Waals surface area contributed by atoms with Crippen LogP contribution < -0.4 is 4.57 Å². The molecule has 0 amide bonds. The Morgan fingerprint density at radius 3 is 1.10 bits per heavy atom. The predicted molar refractivity (Wildman–Crippen MR) is 180 cm³/mol. The molecule has 234 valence electrons. The van der Waals surface area contributed by atoms with E-state index in [1.807, 2.05) is 0 Å². The standard InChI is InChI=1S/C39H74N/c1-3-5-7-9-11-13-15-17-18-19-20-22-24-26-28-30-32-36-40-37-33-35-39(38-40)34-31-29-27-25-23-21-16-14-12-10-8-6-4-2/h33,35,37-38H,3-32,34,36H2,1-2H3/q+1. The number of aromatic nitrogens is 1. The lowest BCUT2D eigenvalue weighted by atomic mass is 10.0. The molecule has 1 heteroatoms. The molecule has 0 N–H and O–H groups in total. The summed E-state index contributed by atoms with van der Waals surface area (Å²) in [6.45, 7) is 5.81. The topological polar surface area (TPSA) is 3.88 Å². The van der Waals surface area contributed by atoms with E-state index >= 15 is 0 Å². The first-order chi connectivity index (χ1) is 19.9. The van der Waals surface area contributed by atoms with Gasteiger partial charge in [-0.2, -0.15) is 0 Å². The van der Waals surface area contributed by atoms with E-state index in [9.17, 15) is 0 Å². The van der Waals surface area contributed by atoms with Crippen molar-refractivity contribution in [3.8, 4) is 0 Å². The number of nitrogens with zero attached hydrogens (tertiary/aromatic N) is 1. The van der Waals surface area contributed by atoms with Crippen molar-refractivity contribution < 1.29 is 4.57 Å². The molecule has 1 aromatic rings. The van der Waals surface area contributed by atoms with Crippen molar-refractivity contribution in [2.45, 2.75) is 219 Å². The fourth-order valence-corrected chi connectivity index (χ4v) is 6.23. The van der Waals surface area contributed by atoms with Crippen molar-refractivity contribution >= 4 is 0 Å². The van der Waals surface area contributed by atoms with E-state index in [2.05, 4.69) is 42.9 Å². The van der Waals surface area contributed by atoms with E-state index in [4.69, 9.17) is 0 Å². The van der Waals surface area contributed by atoms with E-state index in [1.54, 1.807) is 0 Å². The summed E-state index contributed by atoms with van der Waals surface area (Å²) in [5, 5.41) is 0. The second kappa shape index (κ2) is 31.1. The highest BCUT2D eigenvalue weighted by Gasteiger charge is 2.03. The van der Waals surface area contributed by atoms with E-state index in [0.717, 1.165) is 0 Å². The van der Waals surface area contributed by atoms with Gasteiger partial charge in [0.15, 0.2) is 12.4 Å². The van der Waals surface area contributed by atoms with Crippen LogP contribution in [-0.4, -0.2) is 0 Å². The second-order valence-electron chi connectivity index (χ2n) is 13.1. The summed E-state index contributed by atoms with van der Waals surface area (Å²) in [5.74, 6) is 0. The fraction of sp³-hybridized carbons (Fsp3) is 0.872. The molecule has 0 saturated carbocycles. The normalized spacial score (nSPS) is 11.4. The van der Waals surface area contributed by atoms with E-state index < -0.39 is 0 Å². The molecule has 0 saturated heterocycles. The predicted octanol–water partition coefficient (Wildman–Crippen LogP) is 13.3. The Bertz CT molecular complexity index is 609. The maximum absolute atomic E-state index is 2.45. The molecular weight excluding hydrogens is 482 g/mol. The molecule has 1 heterocycles. The minimum atomic E-state index is 1.20. The number of aryl methyl sites for hydroxylation is 2. The monoisotopic (exact) mass is 557 g/mol. The van der Waals surface area contributed by atoms with E-state index in [-0.39, 0.29) is 0 Å². The molecule has 0 atom stereocenters. The van der Waals surface area contributed by atoms with Gasteiger partial charge in [0.25, 0.3) is 0 Å². The van der Waals surface area contributed by atoms with Gasteiger partial charge < -0.3 is 0 Å². The van der Waals surface area contributed by atoms with Gasteiger partial charge in [-0.15, -0.1) is 0 Å². The number of pyridine rings is 1. The zero-order valence-electron chi connectivity index (χ0n) is 27.9. The molecular formula is C39H74N+. The first-order valence-corrected chi connectivity index (χ1v) is 18.8. The fourth-order valence-electron chi connectivity index (χ4n) is 6.23. The van der Waals surface area contributed by atoms with Crippen LogP contribution >= 0.6 is 0 Å². The first kappa shape index (κ1) is 37.2. The molecule has 0 aliphatic heterocycles. The van der Waals surface area contributed by atoms with Gasteiger partial charge in [-0.25, -0.2) is 4.57 Å². The summed E-state index contributed by atoms with van der Waals surface area (Å²) in [7, 11) is 0. The average Bonchev–Trinajstić information content (AvgIpc) is 2.97. The molecule has 0 aliphatic carbocycles. The Hall–Kier alpha value is -0.850. The molecule has 40 heavy (non-hydrogen) atoms. The minimum Gasteiger partial charge on any atom is -0.205 e. The Balaban J connectivity index is 1.85. The van der Waals surface area contributed by atoms with Crippen molar-refractivity contribution in [2.24, 2.45) is 0 Å². The van der Waals surface area contributed by atoms with Gasteiger partial charge in [-0.3, -0.25) is 0 Å². The van der Waals surface area contributed by atoms with Crippen LogP contribution in [0, 0.1) is 0 Å². The Morgan fingerprint density at radius 1 is 0.400 bits per heavy atom. The summed E-state index contributed by atoms with van der Waals surface area (Å²) < 4.78 is 2.45. The van der Waals surface area contributed by atoms with Gasteiger partial charge in [0.1, 0.15) is 6.54 Å². The SMILES string of the molecule is CCCCCCCCCCCCCCCCCCC[n+]1cccc(CCCCCCCCCCCCCCC)c1. The zero-order chi connectivity index (χ0) is 28.6. The van der Waals surface area contributed by atoms with Crippen molar-refractivity contribution in [2.75, 3.05) is 0 Å². The zero-order valence-corrected chi connectivity index (χ0v) is 27.9. The average molecular weight is 557 g/mol. The molecule has 0 spiro atoms. The number of hydrogen-bond acceptors (Lipinski definition) is 0. The van der Waals surface area contributed by atoms with Crippen LogP contribution in [0.25, 0.3) is 0 Å². The molecule has 0 aliphatic rings. The number of rotatable bonds is 32. The summed E-state index contributed by atoms with van der Waals surface area (Å²) in [5.41, 5.74) is 1.54. The Morgan fingerprint density at radius 2 is 0.725 bits per heavy atom. The number of hydrogen-bond donors (Lipinski definition) is 0.